The van der Waals surface area contributed by atoms with Crippen LogP contribution >= 0.6 is 0 Å². The third kappa shape index (κ3) is 5.87. The second-order valence-electron chi connectivity index (χ2n) is 8.24. The molecular formula is C24H26N4O6S. The first-order chi connectivity index (χ1) is 16.8. The number of carbonyl (C=O) groups excluding carboxylic acids is 1. The lowest BCUT2D eigenvalue weighted by Crippen LogP contribution is -2.32. The number of benzene rings is 2. The van der Waals surface area contributed by atoms with E-state index in [1.54, 1.807) is 36.4 Å². The fraction of sp³-hybridized carbons (Fsp3) is 0.292. The predicted molar refractivity (Wildman–Crippen MR) is 131 cm³/mol. The fourth-order valence-corrected chi connectivity index (χ4v) is 5.50. The molecule has 2 aromatic carbocycles. The lowest BCUT2D eigenvalue weighted by Gasteiger charge is -2.20. The molecule has 1 fully saturated rings. The van der Waals surface area contributed by atoms with Crippen molar-refractivity contribution in [3.8, 4) is 0 Å². The summed E-state index contributed by atoms with van der Waals surface area (Å²) in [5.41, 5.74) is 1.19. The van der Waals surface area contributed by atoms with Crippen molar-refractivity contribution >= 4 is 33.0 Å². The first-order valence-corrected chi connectivity index (χ1v) is 12.7. The quantitative estimate of drug-likeness (QED) is 0.342. The van der Waals surface area contributed by atoms with E-state index in [9.17, 15) is 23.3 Å². The van der Waals surface area contributed by atoms with Crippen LogP contribution in [0.3, 0.4) is 0 Å². The molecule has 2 N–H and O–H groups in total. The maximum absolute atomic E-state index is 13.1. The number of carbonyl (C=O) groups is 1. The first kappa shape index (κ1) is 24.4. The molecule has 1 aliphatic heterocycles. The highest BCUT2D eigenvalue weighted by Gasteiger charge is 2.28. The van der Waals surface area contributed by atoms with Crippen LogP contribution in [0.4, 0.5) is 17.1 Å². The number of furan rings is 1. The summed E-state index contributed by atoms with van der Waals surface area (Å²) < 4.78 is 32.6. The van der Waals surface area contributed by atoms with E-state index in [0.29, 0.717) is 18.8 Å². The molecule has 2 heterocycles. The highest BCUT2D eigenvalue weighted by Crippen LogP contribution is 2.30. The summed E-state index contributed by atoms with van der Waals surface area (Å²) in [4.78, 5) is 23.2. The van der Waals surface area contributed by atoms with Gasteiger partial charge in [-0.05, 0) is 54.8 Å². The second kappa shape index (κ2) is 10.7. The van der Waals surface area contributed by atoms with Crippen molar-refractivity contribution in [2.75, 3.05) is 23.7 Å². The Hall–Kier alpha value is -3.70. The van der Waals surface area contributed by atoms with Crippen LogP contribution in [0.15, 0.2) is 70.2 Å². The number of hydrogen-bond donors (Lipinski definition) is 2. The number of nitrogens with one attached hydrogen (secondary N) is 2. The van der Waals surface area contributed by atoms with Crippen LogP contribution in [0.25, 0.3) is 0 Å². The van der Waals surface area contributed by atoms with Gasteiger partial charge >= 0.3 is 0 Å². The van der Waals surface area contributed by atoms with Crippen molar-refractivity contribution in [3.05, 3.63) is 82.3 Å². The molecule has 184 valence electrons. The Morgan fingerprint density at radius 2 is 1.80 bits per heavy atom. The Labute approximate surface area is 203 Å². The molecule has 1 aliphatic rings. The van der Waals surface area contributed by atoms with E-state index in [1.165, 1.54) is 22.7 Å². The molecule has 35 heavy (non-hydrogen) atoms. The third-order valence-electron chi connectivity index (χ3n) is 5.78. The molecule has 1 aromatic heterocycles. The van der Waals surface area contributed by atoms with Crippen LogP contribution in [0.5, 0.6) is 0 Å². The summed E-state index contributed by atoms with van der Waals surface area (Å²) in [5.74, 6) is -0.212. The van der Waals surface area contributed by atoms with Gasteiger partial charge in [-0.15, -0.1) is 0 Å². The molecule has 0 unspecified atom stereocenters. The monoisotopic (exact) mass is 498 g/mol. The smallest absolute Gasteiger partial charge is 0.293 e. The normalized spacial score (nSPS) is 14.7. The zero-order valence-corrected chi connectivity index (χ0v) is 19.8. The molecule has 1 amide bonds. The zero-order valence-electron chi connectivity index (χ0n) is 19.0. The lowest BCUT2D eigenvalue weighted by atomic mass is 10.2. The number of rotatable bonds is 8. The lowest BCUT2D eigenvalue weighted by molar-refractivity contribution is -0.384. The molecule has 0 saturated carbocycles. The maximum atomic E-state index is 13.1. The van der Waals surface area contributed by atoms with E-state index in [-0.39, 0.29) is 28.6 Å². The van der Waals surface area contributed by atoms with Crippen LogP contribution in [0.1, 0.15) is 41.8 Å². The van der Waals surface area contributed by atoms with E-state index in [4.69, 9.17) is 4.42 Å². The molecule has 0 radical (unpaired) electrons. The topological polar surface area (TPSA) is 135 Å². The number of hydrogen-bond acceptors (Lipinski definition) is 7. The number of sulfonamides is 1. The highest BCUT2D eigenvalue weighted by atomic mass is 32.2. The van der Waals surface area contributed by atoms with Gasteiger partial charge in [0, 0.05) is 31.4 Å². The Kier molecular flexibility index (Phi) is 7.47. The molecule has 4 rings (SSSR count). The van der Waals surface area contributed by atoms with E-state index < -0.39 is 20.9 Å². The summed E-state index contributed by atoms with van der Waals surface area (Å²) >= 11 is 0. The number of anilines is 2. The average Bonchev–Trinajstić information content (AvgIpc) is 3.25. The molecule has 0 bridgehead atoms. The van der Waals surface area contributed by atoms with Crippen LogP contribution in [-0.4, -0.2) is 36.6 Å². The minimum Gasteiger partial charge on any atom is -0.459 e. The minimum atomic E-state index is -3.81. The van der Waals surface area contributed by atoms with Crippen molar-refractivity contribution in [2.24, 2.45) is 0 Å². The van der Waals surface area contributed by atoms with E-state index in [2.05, 4.69) is 10.6 Å². The van der Waals surface area contributed by atoms with Crippen LogP contribution in [0, 0.1) is 10.1 Å². The standard InChI is InChI=1S/C24H26N4O6S/c29-24(23-9-6-14-34-23)26-19-8-5-7-18(15-19)17-25-21-11-10-20(16-22(21)28(30)31)35(32,33)27-12-3-1-2-4-13-27/h5-11,14-16,25H,1-4,12-13,17H2,(H,26,29). The van der Waals surface area contributed by atoms with Gasteiger partial charge in [0.25, 0.3) is 11.6 Å². The van der Waals surface area contributed by atoms with Gasteiger partial charge in [0.15, 0.2) is 5.76 Å². The maximum Gasteiger partial charge on any atom is 0.293 e. The highest BCUT2D eigenvalue weighted by molar-refractivity contribution is 7.89. The summed E-state index contributed by atoms with van der Waals surface area (Å²) in [6, 6.07) is 14.1. The van der Waals surface area contributed by atoms with E-state index in [1.807, 2.05) is 0 Å². The summed E-state index contributed by atoms with van der Waals surface area (Å²) in [5, 5.41) is 17.5. The van der Waals surface area contributed by atoms with Crippen LogP contribution in [0.2, 0.25) is 0 Å². The van der Waals surface area contributed by atoms with E-state index in [0.717, 1.165) is 37.3 Å². The molecular weight excluding hydrogens is 472 g/mol. The van der Waals surface area contributed by atoms with Gasteiger partial charge in [-0.25, -0.2) is 8.42 Å². The molecule has 11 heteroatoms. The molecule has 3 aromatic rings. The van der Waals surface area contributed by atoms with Gasteiger partial charge in [0.2, 0.25) is 10.0 Å². The molecule has 10 nitrogen and oxygen atoms in total. The Bertz CT molecular complexity index is 1300. The van der Waals surface area contributed by atoms with Gasteiger partial charge in [0.05, 0.1) is 16.1 Å². The Morgan fingerprint density at radius 3 is 2.49 bits per heavy atom. The van der Waals surface area contributed by atoms with Crippen molar-refractivity contribution in [1.29, 1.82) is 0 Å². The van der Waals surface area contributed by atoms with Crippen LogP contribution in [-0.2, 0) is 16.6 Å². The SMILES string of the molecule is O=C(Nc1cccc(CNc2ccc(S(=O)(=O)N3CCCCCC3)cc2[N+](=O)[O-])c1)c1ccco1. The summed E-state index contributed by atoms with van der Waals surface area (Å²) in [6.45, 7) is 1.06. The van der Waals surface area contributed by atoms with Gasteiger partial charge in [0.1, 0.15) is 5.69 Å². The fourth-order valence-electron chi connectivity index (χ4n) is 3.96. The average molecular weight is 499 g/mol. The summed E-state index contributed by atoms with van der Waals surface area (Å²) in [7, 11) is -3.81. The second-order valence-corrected chi connectivity index (χ2v) is 10.2. The first-order valence-electron chi connectivity index (χ1n) is 11.3. The minimum absolute atomic E-state index is 0.0840. The number of amides is 1. The Balaban J connectivity index is 1.49. The third-order valence-corrected chi connectivity index (χ3v) is 7.68. The van der Waals surface area contributed by atoms with Crippen molar-refractivity contribution in [2.45, 2.75) is 37.1 Å². The number of nitrogens with zero attached hydrogens (tertiary/aromatic N) is 2. The molecule has 0 spiro atoms. The van der Waals surface area contributed by atoms with Crippen LogP contribution < -0.4 is 10.6 Å². The van der Waals surface area contributed by atoms with Crippen molar-refractivity contribution in [3.63, 3.8) is 0 Å². The van der Waals surface area contributed by atoms with Gasteiger partial charge in [-0.1, -0.05) is 25.0 Å². The van der Waals surface area contributed by atoms with Crippen molar-refractivity contribution in [1.82, 2.24) is 4.31 Å². The van der Waals surface area contributed by atoms with E-state index >= 15 is 0 Å². The van der Waals surface area contributed by atoms with Gasteiger partial charge in [-0.2, -0.15) is 4.31 Å². The molecule has 1 saturated heterocycles. The van der Waals surface area contributed by atoms with Gasteiger partial charge < -0.3 is 15.1 Å². The zero-order chi connectivity index (χ0) is 24.8. The Morgan fingerprint density at radius 1 is 1.03 bits per heavy atom. The molecule has 0 atom stereocenters. The largest absolute Gasteiger partial charge is 0.459 e. The number of nitro benzene ring substituents is 1. The van der Waals surface area contributed by atoms with Crippen molar-refractivity contribution < 1.29 is 22.6 Å². The van der Waals surface area contributed by atoms with Gasteiger partial charge in [-0.3, -0.25) is 14.9 Å². The predicted octanol–water partition coefficient (Wildman–Crippen LogP) is 4.62. The summed E-state index contributed by atoms with van der Waals surface area (Å²) in [6.07, 6.45) is 4.92. The molecule has 0 aliphatic carbocycles. The number of nitro groups is 1.